The largest absolute Gasteiger partial charge is 0.305 e. The van der Waals surface area contributed by atoms with Crippen LogP contribution < -0.4 is 5.32 Å². The molecule has 3 nitrogen and oxygen atoms in total. The van der Waals surface area contributed by atoms with E-state index in [4.69, 9.17) is 11.6 Å². The molecule has 2 rings (SSSR count). The van der Waals surface area contributed by atoms with Crippen molar-refractivity contribution in [2.45, 2.75) is 45.6 Å². The molecule has 110 valence electrons. The fourth-order valence-electron chi connectivity index (χ4n) is 2.00. The lowest BCUT2D eigenvalue weighted by Gasteiger charge is -2.22. The normalized spacial score (nSPS) is 13.7. The number of thiophene rings is 1. The van der Waals surface area contributed by atoms with Crippen molar-refractivity contribution < 1.29 is 0 Å². The first kappa shape index (κ1) is 15.9. The molecule has 2 aromatic rings. The first-order valence-electron chi connectivity index (χ1n) is 6.74. The topological polar surface area (TPSA) is 37.8 Å². The van der Waals surface area contributed by atoms with E-state index in [-0.39, 0.29) is 11.5 Å². The zero-order valence-corrected chi connectivity index (χ0v) is 14.6. The Morgan fingerprint density at radius 2 is 2.10 bits per heavy atom. The summed E-state index contributed by atoms with van der Waals surface area (Å²) in [6.45, 7) is 9.64. The van der Waals surface area contributed by atoms with Crippen molar-refractivity contribution in [1.82, 2.24) is 14.9 Å². The highest BCUT2D eigenvalue weighted by molar-refractivity contribution is 7.16. The molecule has 1 unspecified atom stereocenters. The number of hydrogen-bond donors (Lipinski definition) is 1. The van der Waals surface area contributed by atoms with E-state index in [1.807, 2.05) is 6.07 Å². The molecule has 2 aromatic heterocycles. The SMILES string of the molecule is CCCNC(c1ccc(Cl)s1)c1snnc1C(C)(C)C. The molecule has 20 heavy (non-hydrogen) atoms. The van der Waals surface area contributed by atoms with Crippen molar-refractivity contribution >= 4 is 34.5 Å². The average molecular weight is 330 g/mol. The molecule has 0 fully saturated rings. The number of hydrogen-bond acceptors (Lipinski definition) is 5. The van der Waals surface area contributed by atoms with Crippen molar-refractivity contribution in [3.8, 4) is 0 Å². The van der Waals surface area contributed by atoms with Crippen LogP contribution in [0.25, 0.3) is 0 Å². The minimum absolute atomic E-state index is 0.00443. The highest BCUT2D eigenvalue weighted by Crippen LogP contribution is 2.37. The summed E-state index contributed by atoms with van der Waals surface area (Å²) in [7, 11) is 0. The highest BCUT2D eigenvalue weighted by atomic mass is 35.5. The maximum Gasteiger partial charge on any atom is 0.0931 e. The standard InChI is InChI=1S/C14H20ClN3S2/c1-5-8-16-11(9-6-7-10(15)19-9)12-13(14(2,3)4)17-18-20-12/h6-7,11,16H,5,8H2,1-4H3. The van der Waals surface area contributed by atoms with Gasteiger partial charge in [-0.1, -0.05) is 43.8 Å². The van der Waals surface area contributed by atoms with Crippen LogP contribution in [0.15, 0.2) is 12.1 Å². The molecule has 0 saturated carbocycles. The Labute approximate surface area is 133 Å². The van der Waals surface area contributed by atoms with Crippen LogP contribution in [0.4, 0.5) is 0 Å². The van der Waals surface area contributed by atoms with Crippen molar-refractivity contribution in [1.29, 1.82) is 0 Å². The Kier molecular flexibility index (Phi) is 5.18. The van der Waals surface area contributed by atoms with Crippen LogP contribution >= 0.6 is 34.5 Å². The molecule has 0 aliphatic rings. The van der Waals surface area contributed by atoms with Crippen LogP contribution in [0.3, 0.4) is 0 Å². The van der Waals surface area contributed by atoms with Gasteiger partial charge in [-0.05, 0) is 36.6 Å². The van der Waals surface area contributed by atoms with Crippen molar-refractivity contribution in [2.75, 3.05) is 6.54 Å². The molecular formula is C14H20ClN3S2. The van der Waals surface area contributed by atoms with Gasteiger partial charge in [0, 0.05) is 10.3 Å². The Morgan fingerprint density at radius 1 is 1.35 bits per heavy atom. The van der Waals surface area contributed by atoms with Crippen LogP contribution in [-0.2, 0) is 5.41 Å². The van der Waals surface area contributed by atoms with E-state index >= 15 is 0 Å². The average Bonchev–Trinajstić information content (AvgIpc) is 2.98. The number of nitrogens with zero attached hydrogens (tertiary/aromatic N) is 2. The molecule has 0 aliphatic carbocycles. The summed E-state index contributed by atoms with van der Waals surface area (Å²) < 4.78 is 4.99. The maximum absolute atomic E-state index is 6.09. The van der Waals surface area contributed by atoms with Crippen LogP contribution in [0, 0.1) is 0 Å². The molecule has 1 atom stereocenters. The van der Waals surface area contributed by atoms with Gasteiger partial charge >= 0.3 is 0 Å². The molecule has 1 N–H and O–H groups in total. The maximum atomic E-state index is 6.09. The summed E-state index contributed by atoms with van der Waals surface area (Å²) in [5.41, 5.74) is 1.07. The van der Waals surface area contributed by atoms with Gasteiger partial charge in [0.05, 0.1) is 20.9 Å². The van der Waals surface area contributed by atoms with Gasteiger partial charge in [0.15, 0.2) is 0 Å². The molecule has 2 heterocycles. The molecule has 0 spiro atoms. The third-order valence-electron chi connectivity index (χ3n) is 2.96. The monoisotopic (exact) mass is 329 g/mol. The van der Waals surface area contributed by atoms with Crippen molar-refractivity contribution in [2.24, 2.45) is 0 Å². The summed E-state index contributed by atoms with van der Waals surface area (Å²) in [6.07, 6.45) is 1.09. The van der Waals surface area contributed by atoms with Crippen LogP contribution in [-0.4, -0.2) is 16.1 Å². The molecule has 0 aliphatic heterocycles. The predicted molar refractivity (Wildman–Crippen MR) is 88.1 cm³/mol. The summed E-state index contributed by atoms with van der Waals surface area (Å²) in [6, 6.07) is 4.18. The summed E-state index contributed by atoms with van der Waals surface area (Å²) in [4.78, 5) is 2.42. The van der Waals surface area contributed by atoms with Gasteiger partial charge in [0.2, 0.25) is 0 Å². The van der Waals surface area contributed by atoms with Gasteiger partial charge in [0.1, 0.15) is 0 Å². The van der Waals surface area contributed by atoms with E-state index in [0.29, 0.717) is 0 Å². The third-order valence-corrected chi connectivity index (χ3v) is 5.05. The second kappa shape index (κ2) is 6.52. The molecule has 0 radical (unpaired) electrons. The number of halogens is 1. The minimum Gasteiger partial charge on any atom is -0.305 e. The number of aromatic nitrogens is 2. The fraction of sp³-hybridized carbons (Fsp3) is 0.571. The predicted octanol–water partition coefficient (Wildman–Crippen LogP) is 4.64. The van der Waals surface area contributed by atoms with Gasteiger partial charge in [-0.25, -0.2) is 0 Å². The number of nitrogens with one attached hydrogen (secondary N) is 1. The summed E-state index contributed by atoms with van der Waals surface area (Å²) in [5, 5.41) is 7.95. The molecule has 0 aromatic carbocycles. The molecule has 6 heteroatoms. The second-order valence-corrected chi connectivity index (χ2v) is 8.30. The number of rotatable bonds is 5. The molecule has 0 saturated heterocycles. The first-order chi connectivity index (χ1) is 9.43. The molecule has 0 amide bonds. The zero-order chi connectivity index (χ0) is 14.8. The summed E-state index contributed by atoms with van der Waals surface area (Å²) in [5.74, 6) is 0. The van der Waals surface area contributed by atoms with Crippen molar-refractivity contribution in [3.05, 3.63) is 31.9 Å². The summed E-state index contributed by atoms with van der Waals surface area (Å²) >= 11 is 9.19. The van der Waals surface area contributed by atoms with Gasteiger partial charge in [-0.2, -0.15) is 0 Å². The first-order valence-corrected chi connectivity index (χ1v) is 8.71. The van der Waals surface area contributed by atoms with E-state index < -0.39 is 0 Å². The van der Waals surface area contributed by atoms with Crippen LogP contribution in [0.2, 0.25) is 4.34 Å². The highest BCUT2D eigenvalue weighted by Gasteiger charge is 2.28. The van der Waals surface area contributed by atoms with Crippen molar-refractivity contribution in [3.63, 3.8) is 0 Å². The van der Waals surface area contributed by atoms with Crippen LogP contribution in [0.5, 0.6) is 0 Å². The van der Waals surface area contributed by atoms with Gasteiger partial charge in [0.25, 0.3) is 0 Å². The van der Waals surface area contributed by atoms with E-state index in [9.17, 15) is 0 Å². The van der Waals surface area contributed by atoms with E-state index in [2.05, 4.69) is 48.7 Å². The Bertz CT molecular complexity index is 557. The van der Waals surface area contributed by atoms with Gasteiger partial charge < -0.3 is 5.32 Å². The zero-order valence-electron chi connectivity index (χ0n) is 12.2. The lowest BCUT2D eigenvalue weighted by molar-refractivity contribution is 0.540. The molecular weight excluding hydrogens is 310 g/mol. The van der Waals surface area contributed by atoms with E-state index in [1.165, 1.54) is 21.3 Å². The fourth-order valence-corrected chi connectivity index (χ4v) is 4.18. The Morgan fingerprint density at radius 3 is 2.65 bits per heavy atom. The third kappa shape index (κ3) is 3.58. The Hall–Kier alpha value is -0.490. The van der Waals surface area contributed by atoms with Crippen LogP contribution in [0.1, 0.15) is 55.6 Å². The second-order valence-electron chi connectivity index (χ2n) is 5.76. The quantitative estimate of drug-likeness (QED) is 0.868. The minimum atomic E-state index is -0.00443. The van der Waals surface area contributed by atoms with E-state index in [0.717, 1.165) is 23.0 Å². The van der Waals surface area contributed by atoms with Gasteiger partial charge in [-0.15, -0.1) is 16.4 Å². The lowest BCUT2D eigenvalue weighted by Crippen LogP contribution is -2.25. The van der Waals surface area contributed by atoms with Gasteiger partial charge in [-0.3, -0.25) is 0 Å². The molecule has 0 bridgehead atoms. The van der Waals surface area contributed by atoms with E-state index in [1.54, 1.807) is 11.3 Å². The lowest BCUT2D eigenvalue weighted by atomic mass is 9.90. The Balaban J connectivity index is 2.39. The smallest absolute Gasteiger partial charge is 0.0931 e.